The van der Waals surface area contributed by atoms with Gasteiger partial charge in [0.1, 0.15) is 0 Å². The highest BCUT2D eigenvalue weighted by molar-refractivity contribution is 5.95. The molecular formula is C18H17N3O3. The van der Waals surface area contributed by atoms with Crippen molar-refractivity contribution in [3.8, 4) is 17.6 Å². The zero-order chi connectivity index (χ0) is 16.9. The number of ether oxygens (including phenoxy) is 1. The van der Waals surface area contributed by atoms with Gasteiger partial charge in [0.05, 0.1) is 23.0 Å². The van der Waals surface area contributed by atoms with Gasteiger partial charge < -0.3 is 20.5 Å². The van der Waals surface area contributed by atoms with Crippen molar-refractivity contribution >= 4 is 17.3 Å². The highest BCUT2D eigenvalue weighted by atomic mass is 16.5. The molecule has 122 valence electrons. The lowest BCUT2D eigenvalue weighted by atomic mass is 10.2. The van der Waals surface area contributed by atoms with Crippen LogP contribution in [0.3, 0.4) is 0 Å². The van der Waals surface area contributed by atoms with E-state index >= 15 is 0 Å². The number of phenols is 1. The molecular weight excluding hydrogens is 306 g/mol. The summed E-state index contributed by atoms with van der Waals surface area (Å²) in [7, 11) is 0. The van der Waals surface area contributed by atoms with Crippen LogP contribution in [0.25, 0.3) is 0 Å². The van der Waals surface area contributed by atoms with Crippen LogP contribution in [0.5, 0.6) is 11.5 Å². The van der Waals surface area contributed by atoms with Crippen molar-refractivity contribution < 1.29 is 14.6 Å². The van der Waals surface area contributed by atoms with E-state index in [4.69, 9.17) is 10.00 Å². The molecule has 1 amide bonds. The lowest BCUT2D eigenvalue weighted by Gasteiger charge is -2.13. The Labute approximate surface area is 139 Å². The number of benzene rings is 2. The van der Waals surface area contributed by atoms with Crippen molar-refractivity contribution in [3.05, 3.63) is 48.0 Å². The molecule has 3 rings (SSSR count). The molecule has 24 heavy (non-hydrogen) atoms. The van der Waals surface area contributed by atoms with Gasteiger partial charge in [0.15, 0.2) is 18.1 Å². The van der Waals surface area contributed by atoms with Gasteiger partial charge in [-0.2, -0.15) is 5.26 Å². The van der Waals surface area contributed by atoms with Crippen LogP contribution in [0.1, 0.15) is 18.4 Å². The Kier molecular flexibility index (Phi) is 4.52. The Balaban J connectivity index is 1.66. The molecule has 0 aliphatic heterocycles. The van der Waals surface area contributed by atoms with Gasteiger partial charge >= 0.3 is 0 Å². The molecule has 0 aromatic heterocycles. The fraction of sp³-hybridized carbons (Fsp3) is 0.222. The first kappa shape index (κ1) is 15.7. The molecule has 2 aromatic rings. The minimum atomic E-state index is -0.368. The molecule has 0 bridgehead atoms. The number of hydrogen-bond acceptors (Lipinski definition) is 5. The molecule has 0 heterocycles. The van der Waals surface area contributed by atoms with Crippen LogP contribution in [0, 0.1) is 11.3 Å². The Morgan fingerprint density at radius 1 is 1.25 bits per heavy atom. The van der Waals surface area contributed by atoms with Crippen molar-refractivity contribution in [1.29, 1.82) is 5.26 Å². The van der Waals surface area contributed by atoms with E-state index in [9.17, 15) is 9.90 Å². The van der Waals surface area contributed by atoms with Crippen molar-refractivity contribution in [2.75, 3.05) is 17.2 Å². The number of amides is 1. The number of rotatable bonds is 6. The van der Waals surface area contributed by atoms with Crippen LogP contribution in [-0.2, 0) is 4.79 Å². The molecule has 0 atom stereocenters. The van der Waals surface area contributed by atoms with Gasteiger partial charge in [-0.3, -0.25) is 4.79 Å². The molecule has 6 heteroatoms. The number of phenolic OH excluding ortho intramolecular Hbond substituents is 1. The van der Waals surface area contributed by atoms with Crippen LogP contribution >= 0.6 is 0 Å². The Morgan fingerprint density at radius 2 is 2.04 bits per heavy atom. The summed E-state index contributed by atoms with van der Waals surface area (Å²) in [5.74, 6) is -0.144. The van der Waals surface area contributed by atoms with Crippen LogP contribution in [-0.4, -0.2) is 23.7 Å². The van der Waals surface area contributed by atoms with Crippen LogP contribution in [0.2, 0.25) is 0 Å². The van der Waals surface area contributed by atoms with E-state index in [0.717, 1.165) is 18.5 Å². The molecule has 1 saturated carbocycles. The van der Waals surface area contributed by atoms with E-state index in [2.05, 4.69) is 16.7 Å². The molecule has 6 nitrogen and oxygen atoms in total. The largest absolute Gasteiger partial charge is 0.504 e. The molecule has 1 fully saturated rings. The molecule has 1 aliphatic carbocycles. The molecule has 0 saturated heterocycles. The zero-order valence-corrected chi connectivity index (χ0v) is 13.0. The zero-order valence-electron chi connectivity index (χ0n) is 13.0. The summed E-state index contributed by atoms with van der Waals surface area (Å²) in [4.78, 5) is 12.1. The smallest absolute Gasteiger partial charge is 0.262 e. The highest BCUT2D eigenvalue weighted by Gasteiger charge is 2.22. The van der Waals surface area contributed by atoms with Crippen LogP contribution in [0.4, 0.5) is 11.4 Å². The molecule has 0 spiro atoms. The Morgan fingerprint density at radius 3 is 2.75 bits per heavy atom. The maximum atomic E-state index is 12.1. The van der Waals surface area contributed by atoms with Gasteiger partial charge in [0.25, 0.3) is 5.91 Å². The number of nitriles is 1. The SMILES string of the molecule is N#Cc1ccc(NC2CC2)c(NC(=O)COc2ccccc2O)c1. The number of nitrogens with one attached hydrogen (secondary N) is 2. The third-order valence-electron chi connectivity index (χ3n) is 3.58. The first-order valence-corrected chi connectivity index (χ1v) is 7.67. The summed E-state index contributed by atoms with van der Waals surface area (Å²) < 4.78 is 5.31. The van der Waals surface area contributed by atoms with Crippen LogP contribution in [0.15, 0.2) is 42.5 Å². The van der Waals surface area contributed by atoms with Gasteiger partial charge in [0, 0.05) is 6.04 Å². The Hall–Kier alpha value is -3.20. The summed E-state index contributed by atoms with van der Waals surface area (Å²) >= 11 is 0. The predicted octanol–water partition coefficient (Wildman–Crippen LogP) is 2.86. The summed E-state index contributed by atoms with van der Waals surface area (Å²) in [6.45, 7) is -0.239. The van der Waals surface area contributed by atoms with E-state index in [1.54, 1.807) is 36.4 Å². The number of nitrogens with zero attached hydrogens (tertiary/aromatic N) is 1. The fourth-order valence-electron chi connectivity index (χ4n) is 2.20. The van der Waals surface area contributed by atoms with Crippen molar-refractivity contribution in [2.24, 2.45) is 0 Å². The minimum absolute atomic E-state index is 0.0205. The number of anilines is 2. The third kappa shape index (κ3) is 3.96. The topological polar surface area (TPSA) is 94.4 Å². The van der Waals surface area contributed by atoms with E-state index in [1.807, 2.05) is 0 Å². The standard InChI is InChI=1S/C18H17N3O3/c19-10-12-5-8-14(20-13-6-7-13)15(9-12)21-18(23)11-24-17-4-2-1-3-16(17)22/h1-5,8-9,13,20,22H,6-7,11H2,(H,21,23). The number of carbonyl (C=O) groups excluding carboxylic acids is 1. The second kappa shape index (κ2) is 6.92. The summed E-state index contributed by atoms with van der Waals surface area (Å²) in [6.07, 6.45) is 2.20. The second-order valence-electron chi connectivity index (χ2n) is 5.60. The van der Waals surface area contributed by atoms with E-state index < -0.39 is 0 Å². The van der Waals surface area contributed by atoms with E-state index in [1.165, 1.54) is 6.07 Å². The predicted molar refractivity (Wildman–Crippen MR) is 90.0 cm³/mol. The summed E-state index contributed by atoms with van der Waals surface area (Å²) in [6, 6.07) is 14.1. The minimum Gasteiger partial charge on any atom is -0.504 e. The number of aromatic hydroxyl groups is 1. The number of para-hydroxylation sites is 2. The molecule has 3 N–H and O–H groups in total. The average Bonchev–Trinajstić information content (AvgIpc) is 3.40. The summed E-state index contributed by atoms with van der Waals surface area (Å²) in [5.41, 5.74) is 1.80. The highest BCUT2D eigenvalue weighted by Crippen LogP contribution is 2.30. The number of carbonyl (C=O) groups is 1. The quantitative estimate of drug-likeness (QED) is 0.760. The van der Waals surface area contributed by atoms with Gasteiger partial charge in [-0.1, -0.05) is 12.1 Å². The Bertz CT molecular complexity index is 794. The summed E-state index contributed by atoms with van der Waals surface area (Å²) in [5, 5.41) is 24.7. The van der Waals surface area contributed by atoms with Gasteiger partial charge in [-0.05, 0) is 43.2 Å². The fourth-order valence-corrected chi connectivity index (χ4v) is 2.20. The lowest BCUT2D eigenvalue weighted by molar-refractivity contribution is -0.118. The number of hydrogen-bond donors (Lipinski definition) is 3. The van der Waals surface area contributed by atoms with Crippen molar-refractivity contribution in [2.45, 2.75) is 18.9 Å². The van der Waals surface area contributed by atoms with Gasteiger partial charge in [-0.15, -0.1) is 0 Å². The van der Waals surface area contributed by atoms with Crippen LogP contribution < -0.4 is 15.4 Å². The third-order valence-corrected chi connectivity index (χ3v) is 3.58. The monoisotopic (exact) mass is 323 g/mol. The second-order valence-corrected chi connectivity index (χ2v) is 5.60. The van der Waals surface area contributed by atoms with Crippen molar-refractivity contribution in [3.63, 3.8) is 0 Å². The van der Waals surface area contributed by atoms with Crippen molar-refractivity contribution in [1.82, 2.24) is 0 Å². The van der Waals surface area contributed by atoms with Gasteiger partial charge in [0.2, 0.25) is 0 Å². The molecule has 1 aliphatic rings. The molecule has 0 unspecified atom stereocenters. The molecule has 0 radical (unpaired) electrons. The van der Waals surface area contributed by atoms with E-state index in [0.29, 0.717) is 17.3 Å². The maximum absolute atomic E-state index is 12.1. The van der Waals surface area contributed by atoms with E-state index in [-0.39, 0.29) is 24.0 Å². The lowest BCUT2D eigenvalue weighted by Crippen LogP contribution is -2.21. The normalized spacial score (nSPS) is 13.0. The molecule has 2 aromatic carbocycles. The first-order valence-electron chi connectivity index (χ1n) is 7.67. The average molecular weight is 323 g/mol. The maximum Gasteiger partial charge on any atom is 0.262 e. The first-order chi connectivity index (χ1) is 11.7. The van der Waals surface area contributed by atoms with Gasteiger partial charge in [-0.25, -0.2) is 0 Å².